The van der Waals surface area contributed by atoms with Crippen LogP contribution in [0.3, 0.4) is 0 Å². The van der Waals surface area contributed by atoms with Gasteiger partial charge in [-0.15, -0.1) is 0 Å². The second-order valence-corrected chi connectivity index (χ2v) is 5.48. The van der Waals surface area contributed by atoms with Crippen molar-refractivity contribution in [2.24, 2.45) is 0 Å². The van der Waals surface area contributed by atoms with E-state index in [1.54, 1.807) is 24.4 Å². The fraction of sp³-hybridized carbons (Fsp3) is 0. The number of nitro benzene ring substituents is 1. The zero-order valence-electron chi connectivity index (χ0n) is 13.0. The minimum atomic E-state index is -0.359. The third kappa shape index (κ3) is 2.81. The van der Waals surface area contributed by atoms with Crippen LogP contribution in [-0.4, -0.2) is 9.91 Å². The van der Waals surface area contributed by atoms with Gasteiger partial charge in [0.05, 0.1) is 16.5 Å². The molecule has 0 aliphatic heterocycles. The number of benzene rings is 3. The van der Waals surface area contributed by atoms with Crippen LogP contribution in [0.25, 0.3) is 22.2 Å². The molecular weight excluding hydrogens is 318 g/mol. The Kier molecular flexibility index (Phi) is 3.63. The van der Waals surface area contributed by atoms with E-state index < -0.39 is 0 Å². The molecule has 6 nitrogen and oxygen atoms in total. The van der Waals surface area contributed by atoms with Gasteiger partial charge in [0.1, 0.15) is 12.0 Å². The number of anilines is 2. The Bertz CT molecular complexity index is 1060. The summed E-state index contributed by atoms with van der Waals surface area (Å²) in [4.78, 5) is 15.4. The van der Waals surface area contributed by atoms with Gasteiger partial charge in [-0.25, -0.2) is 4.98 Å². The molecule has 1 N–H and O–H groups in total. The molecule has 0 saturated heterocycles. The first-order valence-electron chi connectivity index (χ1n) is 7.65. The van der Waals surface area contributed by atoms with E-state index in [4.69, 9.17) is 4.42 Å². The maximum absolute atomic E-state index is 11.6. The first-order chi connectivity index (χ1) is 12.2. The summed E-state index contributed by atoms with van der Waals surface area (Å²) in [6.45, 7) is 0. The molecular formula is C19H13N3O3. The summed E-state index contributed by atoms with van der Waals surface area (Å²) in [5, 5.41) is 16.2. The summed E-state index contributed by atoms with van der Waals surface area (Å²) in [7, 11) is 0. The van der Waals surface area contributed by atoms with Crippen molar-refractivity contribution in [1.82, 2.24) is 4.98 Å². The highest BCUT2D eigenvalue weighted by Crippen LogP contribution is 2.35. The molecule has 1 aromatic heterocycles. The summed E-state index contributed by atoms with van der Waals surface area (Å²) < 4.78 is 5.30. The number of hydrogen-bond acceptors (Lipinski definition) is 5. The maximum Gasteiger partial charge on any atom is 0.300 e. The van der Waals surface area contributed by atoms with Gasteiger partial charge in [-0.2, -0.15) is 0 Å². The number of rotatable bonds is 4. The Morgan fingerprint density at radius 2 is 1.92 bits per heavy atom. The van der Waals surface area contributed by atoms with E-state index in [0.29, 0.717) is 22.7 Å². The Labute approximate surface area is 142 Å². The zero-order chi connectivity index (χ0) is 17.2. The van der Waals surface area contributed by atoms with Crippen molar-refractivity contribution in [3.63, 3.8) is 0 Å². The molecule has 25 heavy (non-hydrogen) atoms. The monoisotopic (exact) mass is 331 g/mol. The molecule has 0 unspecified atom stereocenters. The Hall–Kier alpha value is -3.67. The number of fused-ring (bicyclic) bond motifs is 1. The van der Waals surface area contributed by atoms with E-state index in [1.165, 1.54) is 6.26 Å². The van der Waals surface area contributed by atoms with Gasteiger partial charge in [-0.05, 0) is 35.7 Å². The van der Waals surface area contributed by atoms with Crippen molar-refractivity contribution in [1.29, 1.82) is 0 Å². The molecule has 0 aliphatic carbocycles. The van der Waals surface area contributed by atoms with Gasteiger partial charge in [0, 0.05) is 11.3 Å². The van der Waals surface area contributed by atoms with Crippen LogP contribution in [0.5, 0.6) is 0 Å². The quantitative estimate of drug-likeness (QED) is 0.413. The molecule has 1 heterocycles. The number of hydrogen-bond donors (Lipinski definition) is 1. The van der Waals surface area contributed by atoms with Gasteiger partial charge < -0.3 is 9.73 Å². The fourth-order valence-corrected chi connectivity index (χ4v) is 2.80. The maximum atomic E-state index is 11.6. The molecule has 0 radical (unpaired) electrons. The molecule has 4 rings (SSSR count). The van der Waals surface area contributed by atoms with Crippen molar-refractivity contribution < 1.29 is 9.34 Å². The summed E-state index contributed by atoms with van der Waals surface area (Å²) in [5.41, 5.74) is 2.00. The predicted molar refractivity (Wildman–Crippen MR) is 95.8 cm³/mol. The lowest BCUT2D eigenvalue weighted by Gasteiger charge is -2.10. The van der Waals surface area contributed by atoms with Crippen LogP contribution >= 0.6 is 0 Å². The molecule has 6 heteroatoms. The number of aromatic nitrogens is 1. The number of oxazole rings is 1. The van der Waals surface area contributed by atoms with Crippen LogP contribution in [0.4, 0.5) is 17.1 Å². The standard InChI is InChI=1S/C19H13N3O3/c23-22(24)18-16-7-2-1-4-13(16)8-9-17(18)21-15-6-3-5-14(12-15)19-20-10-11-25-19/h1-12,21H. The van der Waals surface area contributed by atoms with Crippen LogP contribution < -0.4 is 5.32 Å². The van der Waals surface area contributed by atoms with Gasteiger partial charge in [0.15, 0.2) is 0 Å². The molecule has 0 spiro atoms. The smallest absolute Gasteiger partial charge is 0.300 e. The van der Waals surface area contributed by atoms with Crippen molar-refractivity contribution >= 4 is 27.8 Å². The van der Waals surface area contributed by atoms with Crippen molar-refractivity contribution in [3.05, 3.63) is 83.2 Å². The minimum Gasteiger partial charge on any atom is -0.445 e. The van der Waals surface area contributed by atoms with E-state index in [9.17, 15) is 10.1 Å². The summed E-state index contributed by atoms with van der Waals surface area (Å²) >= 11 is 0. The summed E-state index contributed by atoms with van der Waals surface area (Å²) in [5.74, 6) is 0.497. The van der Waals surface area contributed by atoms with Gasteiger partial charge in [0.25, 0.3) is 5.69 Å². The lowest BCUT2D eigenvalue weighted by Crippen LogP contribution is -1.98. The van der Waals surface area contributed by atoms with Gasteiger partial charge in [0.2, 0.25) is 5.89 Å². The first kappa shape index (κ1) is 14.9. The predicted octanol–water partition coefficient (Wildman–Crippen LogP) is 5.15. The number of nitrogens with one attached hydrogen (secondary N) is 1. The van der Waals surface area contributed by atoms with Crippen LogP contribution in [-0.2, 0) is 0 Å². The Morgan fingerprint density at radius 1 is 1.04 bits per heavy atom. The van der Waals surface area contributed by atoms with Crippen molar-refractivity contribution in [2.75, 3.05) is 5.32 Å². The van der Waals surface area contributed by atoms with Crippen LogP contribution in [0, 0.1) is 10.1 Å². The second-order valence-electron chi connectivity index (χ2n) is 5.48. The van der Waals surface area contributed by atoms with E-state index >= 15 is 0 Å². The number of nitrogens with zero attached hydrogens (tertiary/aromatic N) is 2. The van der Waals surface area contributed by atoms with Gasteiger partial charge >= 0.3 is 0 Å². The molecule has 0 atom stereocenters. The Morgan fingerprint density at radius 3 is 2.72 bits per heavy atom. The van der Waals surface area contributed by atoms with Crippen LogP contribution in [0.2, 0.25) is 0 Å². The van der Waals surface area contributed by atoms with Gasteiger partial charge in [-0.3, -0.25) is 10.1 Å². The molecule has 0 amide bonds. The molecule has 0 saturated carbocycles. The van der Waals surface area contributed by atoms with Crippen molar-refractivity contribution in [3.8, 4) is 11.5 Å². The van der Waals surface area contributed by atoms with Crippen LogP contribution in [0.15, 0.2) is 77.5 Å². The highest BCUT2D eigenvalue weighted by Gasteiger charge is 2.18. The summed E-state index contributed by atoms with van der Waals surface area (Å²) in [6, 6.07) is 18.2. The van der Waals surface area contributed by atoms with E-state index in [2.05, 4.69) is 10.3 Å². The molecule has 0 bridgehead atoms. The fourth-order valence-electron chi connectivity index (χ4n) is 2.80. The Balaban J connectivity index is 1.77. The average Bonchev–Trinajstić information content (AvgIpc) is 3.16. The molecule has 0 aliphatic rings. The molecule has 0 fully saturated rings. The normalized spacial score (nSPS) is 10.7. The lowest BCUT2D eigenvalue weighted by molar-refractivity contribution is -0.382. The average molecular weight is 331 g/mol. The molecule has 122 valence electrons. The first-order valence-corrected chi connectivity index (χ1v) is 7.65. The number of nitro groups is 1. The van der Waals surface area contributed by atoms with Crippen LogP contribution in [0.1, 0.15) is 0 Å². The van der Waals surface area contributed by atoms with Crippen molar-refractivity contribution in [2.45, 2.75) is 0 Å². The third-order valence-electron chi connectivity index (χ3n) is 3.90. The summed E-state index contributed by atoms with van der Waals surface area (Å²) in [6.07, 6.45) is 3.08. The second kappa shape index (κ2) is 6.09. The third-order valence-corrected chi connectivity index (χ3v) is 3.90. The van der Waals surface area contributed by atoms with E-state index in [-0.39, 0.29) is 10.6 Å². The van der Waals surface area contributed by atoms with E-state index in [0.717, 1.165) is 10.9 Å². The zero-order valence-corrected chi connectivity index (χ0v) is 13.0. The SMILES string of the molecule is O=[N+]([O-])c1c(Nc2cccc(-c3ncco3)c2)ccc2ccccc12. The highest BCUT2D eigenvalue weighted by molar-refractivity contribution is 5.97. The lowest BCUT2D eigenvalue weighted by atomic mass is 10.1. The van der Waals surface area contributed by atoms with E-state index in [1.807, 2.05) is 42.5 Å². The highest BCUT2D eigenvalue weighted by atomic mass is 16.6. The molecule has 3 aromatic carbocycles. The topological polar surface area (TPSA) is 81.2 Å². The molecule has 4 aromatic rings. The largest absolute Gasteiger partial charge is 0.445 e. The minimum absolute atomic E-state index is 0.0552. The van der Waals surface area contributed by atoms with Gasteiger partial charge in [-0.1, -0.05) is 30.3 Å².